The van der Waals surface area contributed by atoms with Crippen LogP contribution in [0.2, 0.25) is 5.02 Å². The van der Waals surface area contributed by atoms with Crippen molar-refractivity contribution < 1.29 is 27.5 Å². The Labute approximate surface area is 253 Å². The van der Waals surface area contributed by atoms with Gasteiger partial charge in [-0.25, -0.2) is 8.42 Å². The van der Waals surface area contributed by atoms with Crippen LogP contribution >= 0.6 is 11.6 Å². The predicted molar refractivity (Wildman–Crippen MR) is 166 cm³/mol. The fraction of sp³-hybridized carbons (Fsp3) is 0.355. The first-order valence-electron chi connectivity index (χ1n) is 13.5. The van der Waals surface area contributed by atoms with Gasteiger partial charge in [0, 0.05) is 30.6 Å². The molecule has 226 valence electrons. The van der Waals surface area contributed by atoms with Crippen LogP contribution < -0.4 is 19.1 Å². The molecule has 0 aromatic heterocycles. The molecule has 0 fully saturated rings. The number of hydrogen-bond acceptors (Lipinski definition) is 6. The molecule has 0 saturated heterocycles. The number of ether oxygens (including phenoxy) is 2. The van der Waals surface area contributed by atoms with Crippen LogP contribution in [-0.2, 0) is 32.6 Å². The van der Waals surface area contributed by atoms with Gasteiger partial charge < -0.3 is 19.7 Å². The van der Waals surface area contributed by atoms with Crippen molar-refractivity contribution in [2.45, 2.75) is 32.9 Å². The van der Waals surface area contributed by atoms with Crippen LogP contribution in [0, 0.1) is 5.92 Å². The van der Waals surface area contributed by atoms with Gasteiger partial charge in [0.15, 0.2) is 0 Å². The first-order chi connectivity index (χ1) is 19.9. The standard InChI is InChI=1S/C31H38ClN3O6S/c1-22(2)19-33-31(37)28(17-23-10-7-6-8-11-23)34(20-24-12-9-13-25(32)16-24)30(36)21-35(42(5,38)39)27-15-14-26(40-3)18-29(27)41-4/h6-16,18,22,28H,17,19-21H2,1-5H3,(H,33,37)/t28-/m0/s1. The van der Waals surface area contributed by atoms with E-state index in [0.717, 1.165) is 16.1 Å². The quantitative estimate of drug-likeness (QED) is 0.286. The Hall–Kier alpha value is -3.76. The third kappa shape index (κ3) is 9.12. The van der Waals surface area contributed by atoms with Crippen LogP contribution in [0.3, 0.4) is 0 Å². The molecule has 42 heavy (non-hydrogen) atoms. The Morgan fingerprint density at radius 2 is 1.62 bits per heavy atom. The summed E-state index contributed by atoms with van der Waals surface area (Å²) >= 11 is 6.25. The van der Waals surface area contributed by atoms with E-state index in [1.54, 1.807) is 36.4 Å². The number of nitrogens with zero attached hydrogens (tertiary/aromatic N) is 2. The van der Waals surface area contributed by atoms with Gasteiger partial charge in [0.05, 0.1) is 26.2 Å². The molecule has 11 heteroatoms. The molecule has 0 spiro atoms. The molecule has 2 amide bonds. The van der Waals surface area contributed by atoms with Crippen molar-refractivity contribution in [3.05, 3.63) is 88.9 Å². The van der Waals surface area contributed by atoms with Gasteiger partial charge in [-0.1, -0.05) is 67.9 Å². The third-order valence-corrected chi connectivity index (χ3v) is 7.89. The summed E-state index contributed by atoms with van der Waals surface area (Å²) in [5.41, 5.74) is 1.71. The highest BCUT2D eigenvalue weighted by Crippen LogP contribution is 2.34. The zero-order valence-corrected chi connectivity index (χ0v) is 26.1. The van der Waals surface area contributed by atoms with Gasteiger partial charge in [-0.15, -0.1) is 0 Å². The normalized spacial score (nSPS) is 12.0. The molecule has 1 N–H and O–H groups in total. The van der Waals surface area contributed by atoms with E-state index in [2.05, 4.69) is 5.32 Å². The Bertz CT molecular complexity index is 1470. The van der Waals surface area contributed by atoms with Crippen LogP contribution in [0.1, 0.15) is 25.0 Å². The van der Waals surface area contributed by atoms with Crippen LogP contribution in [-0.4, -0.2) is 64.7 Å². The van der Waals surface area contributed by atoms with E-state index in [9.17, 15) is 18.0 Å². The Morgan fingerprint density at radius 3 is 2.21 bits per heavy atom. The molecule has 0 bridgehead atoms. The molecule has 0 heterocycles. The molecule has 3 aromatic carbocycles. The second-order valence-electron chi connectivity index (χ2n) is 10.3. The Balaban J connectivity index is 2.09. The summed E-state index contributed by atoms with van der Waals surface area (Å²) in [6.07, 6.45) is 1.24. The lowest BCUT2D eigenvalue weighted by Gasteiger charge is -2.34. The number of amides is 2. The van der Waals surface area contributed by atoms with E-state index in [1.165, 1.54) is 25.2 Å². The SMILES string of the molecule is COc1ccc(N(CC(=O)N(Cc2cccc(Cl)c2)[C@@H](Cc2ccccc2)C(=O)NCC(C)C)S(C)(=O)=O)c(OC)c1. The summed E-state index contributed by atoms with van der Waals surface area (Å²) in [6, 6.07) is 20.1. The fourth-order valence-electron chi connectivity index (χ4n) is 4.39. The highest BCUT2D eigenvalue weighted by atomic mass is 35.5. The number of sulfonamides is 1. The maximum Gasteiger partial charge on any atom is 0.244 e. The second-order valence-corrected chi connectivity index (χ2v) is 12.6. The minimum atomic E-state index is -3.96. The molecule has 0 aliphatic heterocycles. The number of carbonyl (C=O) groups excluding carboxylic acids is 2. The van der Waals surface area contributed by atoms with Gasteiger partial charge in [-0.2, -0.15) is 0 Å². The zero-order valence-electron chi connectivity index (χ0n) is 24.5. The van der Waals surface area contributed by atoms with E-state index in [1.807, 2.05) is 44.2 Å². The number of rotatable bonds is 14. The zero-order chi connectivity index (χ0) is 30.9. The van der Waals surface area contributed by atoms with Gasteiger partial charge in [-0.3, -0.25) is 13.9 Å². The van der Waals surface area contributed by atoms with Crippen molar-refractivity contribution in [3.8, 4) is 11.5 Å². The van der Waals surface area contributed by atoms with Gasteiger partial charge in [0.1, 0.15) is 24.1 Å². The van der Waals surface area contributed by atoms with Crippen molar-refractivity contribution in [2.24, 2.45) is 5.92 Å². The lowest BCUT2D eigenvalue weighted by Crippen LogP contribution is -2.53. The maximum atomic E-state index is 14.2. The van der Waals surface area contributed by atoms with E-state index >= 15 is 0 Å². The summed E-state index contributed by atoms with van der Waals surface area (Å²) in [4.78, 5) is 29.3. The highest BCUT2D eigenvalue weighted by molar-refractivity contribution is 7.92. The maximum absolute atomic E-state index is 14.2. The summed E-state index contributed by atoms with van der Waals surface area (Å²) < 4.78 is 37.8. The lowest BCUT2D eigenvalue weighted by atomic mass is 10.0. The Kier molecular flexibility index (Phi) is 11.6. The highest BCUT2D eigenvalue weighted by Gasteiger charge is 2.34. The summed E-state index contributed by atoms with van der Waals surface area (Å²) in [5, 5.41) is 3.43. The van der Waals surface area contributed by atoms with Crippen LogP contribution in [0.15, 0.2) is 72.8 Å². The number of carbonyl (C=O) groups is 2. The molecule has 0 saturated carbocycles. The third-order valence-electron chi connectivity index (χ3n) is 6.53. The molecular weight excluding hydrogens is 578 g/mol. The van der Waals surface area contributed by atoms with E-state index in [-0.39, 0.29) is 36.2 Å². The number of methoxy groups -OCH3 is 2. The van der Waals surface area contributed by atoms with Crippen LogP contribution in [0.25, 0.3) is 0 Å². The van der Waals surface area contributed by atoms with Gasteiger partial charge in [-0.05, 0) is 41.3 Å². The van der Waals surface area contributed by atoms with E-state index < -0.39 is 28.5 Å². The molecule has 0 unspecified atom stereocenters. The second kappa shape index (κ2) is 14.9. The lowest BCUT2D eigenvalue weighted by molar-refractivity contribution is -0.140. The molecule has 0 aliphatic rings. The number of hydrogen-bond donors (Lipinski definition) is 1. The number of benzene rings is 3. The number of anilines is 1. The summed E-state index contributed by atoms with van der Waals surface area (Å²) in [7, 11) is -1.07. The Morgan fingerprint density at radius 1 is 0.929 bits per heavy atom. The summed E-state index contributed by atoms with van der Waals surface area (Å²) in [6.45, 7) is 3.84. The first kappa shape index (κ1) is 32.8. The smallest absolute Gasteiger partial charge is 0.244 e. The topological polar surface area (TPSA) is 105 Å². The summed E-state index contributed by atoms with van der Waals surface area (Å²) in [5.74, 6) is -0.0476. The van der Waals surface area contributed by atoms with Gasteiger partial charge >= 0.3 is 0 Å². The van der Waals surface area contributed by atoms with E-state index in [4.69, 9.17) is 21.1 Å². The number of nitrogens with one attached hydrogen (secondary N) is 1. The predicted octanol–water partition coefficient (Wildman–Crippen LogP) is 4.54. The van der Waals surface area contributed by atoms with Crippen LogP contribution in [0.4, 0.5) is 5.69 Å². The average molecular weight is 616 g/mol. The fourth-order valence-corrected chi connectivity index (χ4v) is 5.46. The monoisotopic (exact) mass is 615 g/mol. The minimum Gasteiger partial charge on any atom is -0.497 e. The average Bonchev–Trinajstić information content (AvgIpc) is 2.96. The van der Waals surface area contributed by atoms with Crippen LogP contribution in [0.5, 0.6) is 11.5 Å². The molecule has 3 rings (SSSR count). The van der Waals surface area contributed by atoms with Gasteiger partial charge in [0.2, 0.25) is 21.8 Å². The van der Waals surface area contributed by atoms with Crippen molar-refractivity contribution in [2.75, 3.05) is 37.9 Å². The first-order valence-corrected chi connectivity index (χ1v) is 15.7. The van der Waals surface area contributed by atoms with Crippen molar-refractivity contribution in [1.29, 1.82) is 0 Å². The molecule has 1 atom stereocenters. The minimum absolute atomic E-state index is 0.0311. The molecule has 0 radical (unpaired) electrons. The molecule has 9 nitrogen and oxygen atoms in total. The van der Waals surface area contributed by atoms with E-state index in [0.29, 0.717) is 22.9 Å². The van der Waals surface area contributed by atoms with Gasteiger partial charge in [0.25, 0.3) is 0 Å². The molecule has 3 aromatic rings. The molecule has 0 aliphatic carbocycles. The largest absolute Gasteiger partial charge is 0.497 e. The van der Waals surface area contributed by atoms with Crippen molar-refractivity contribution in [3.63, 3.8) is 0 Å². The van der Waals surface area contributed by atoms with Crippen molar-refractivity contribution >= 4 is 39.1 Å². The molecular formula is C31H38ClN3O6S. The number of halogens is 1. The van der Waals surface area contributed by atoms with Crippen molar-refractivity contribution in [1.82, 2.24) is 10.2 Å².